The Balaban J connectivity index is 1.18. The quantitative estimate of drug-likeness (QED) is 0.357. The number of ether oxygens (including phenoxy) is 1. The molecule has 1 fully saturated rings. The molecule has 7 heteroatoms. The molecule has 202 valence electrons. The highest BCUT2D eigenvalue weighted by Crippen LogP contribution is 2.54. The molecule has 0 bridgehead atoms. The SMILES string of the molecule is CN1c2ccccc2C(C)(C)C12C=Nc1c(ccc3c(C(=O)N4CCN(c5ccc(O)cc5)CC4)cccc13)O2. The average molecular weight is 533 g/mol. The maximum atomic E-state index is 13.7. The second-order valence-corrected chi connectivity index (χ2v) is 11.4. The molecule has 3 aliphatic heterocycles. The average Bonchev–Trinajstić information content (AvgIpc) is 3.14. The van der Waals surface area contributed by atoms with Crippen LogP contribution in [0.3, 0.4) is 0 Å². The van der Waals surface area contributed by atoms with Gasteiger partial charge in [0.05, 0.1) is 11.6 Å². The molecule has 0 saturated carbocycles. The topological polar surface area (TPSA) is 68.6 Å². The van der Waals surface area contributed by atoms with Crippen molar-refractivity contribution >= 4 is 40.0 Å². The second-order valence-electron chi connectivity index (χ2n) is 11.4. The van der Waals surface area contributed by atoms with Crippen molar-refractivity contribution in [3.05, 3.63) is 90.0 Å². The van der Waals surface area contributed by atoms with Gasteiger partial charge in [-0.3, -0.25) is 9.79 Å². The number of carbonyl (C=O) groups excluding carboxylic acids is 1. The molecular weight excluding hydrogens is 500 g/mol. The number of aromatic hydroxyl groups is 1. The highest BCUT2D eigenvalue weighted by atomic mass is 16.5. The smallest absolute Gasteiger partial charge is 0.254 e. The van der Waals surface area contributed by atoms with Gasteiger partial charge in [0.25, 0.3) is 5.91 Å². The van der Waals surface area contributed by atoms with Gasteiger partial charge in [-0.15, -0.1) is 0 Å². The third-order valence-electron chi connectivity index (χ3n) is 8.97. The van der Waals surface area contributed by atoms with Crippen LogP contribution < -0.4 is 14.5 Å². The number of piperazine rings is 1. The molecule has 1 unspecified atom stereocenters. The van der Waals surface area contributed by atoms with Gasteiger partial charge in [-0.1, -0.05) is 30.3 Å². The van der Waals surface area contributed by atoms with Crippen molar-refractivity contribution in [2.45, 2.75) is 25.0 Å². The molecule has 0 radical (unpaired) electrons. The molecule has 1 saturated heterocycles. The number of amides is 1. The van der Waals surface area contributed by atoms with Gasteiger partial charge in [0.2, 0.25) is 5.72 Å². The third kappa shape index (κ3) is 3.43. The number of nitrogens with zero attached hydrogens (tertiary/aromatic N) is 4. The van der Waals surface area contributed by atoms with Crippen molar-refractivity contribution in [2.75, 3.05) is 43.0 Å². The van der Waals surface area contributed by atoms with Crippen LogP contribution in [0.15, 0.2) is 83.9 Å². The van der Waals surface area contributed by atoms with Crippen molar-refractivity contribution in [3.63, 3.8) is 0 Å². The molecule has 40 heavy (non-hydrogen) atoms. The molecule has 4 aromatic carbocycles. The molecule has 1 atom stereocenters. The minimum atomic E-state index is -0.748. The van der Waals surface area contributed by atoms with Crippen LogP contribution in [0.25, 0.3) is 10.8 Å². The Morgan fingerprint density at radius 3 is 2.38 bits per heavy atom. The molecule has 1 amide bonds. The zero-order chi connectivity index (χ0) is 27.6. The maximum Gasteiger partial charge on any atom is 0.254 e. The van der Waals surface area contributed by atoms with E-state index < -0.39 is 5.72 Å². The number of phenolic OH excluding ortho intramolecular Hbond substituents is 1. The molecule has 7 nitrogen and oxygen atoms in total. The van der Waals surface area contributed by atoms with Crippen molar-refractivity contribution in [1.29, 1.82) is 0 Å². The Morgan fingerprint density at radius 2 is 1.62 bits per heavy atom. The number of aliphatic imine (C=N–C) groups is 1. The first-order chi connectivity index (χ1) is 19.3. The van der Waals surface area contributed by atoms with Crippen molar-refractivity contribution in [1.82, 2.24) is 4.90 Å². The lowest BCUT2D eigenvalue weighted by Gasteiger charge is -2.45. The molecule has 3 aliphatic rings. The number of likely N-dealkylation sites (N-methyl/N-ethyl adjacent to an activating group) is 1. The summed E-state index contributed by atoms with van der Waals surface area (Å²) in [6.07, 6.45) is 1.94. The van der Waals surface area contributed by atoms with Crippen LogP contribution in [0.5, 0.6) is 11.5 Å². The van der Waals surface area contributed by atoms with Crippen LogP contribution in [0.2, 0.25) is 0 Å². The van der Waals surface area contributed by atoms with Gasteiger partial charge in [-0.05, 0) is 73.3 Å². The standard InChI is InChI=1S/C33H32N4O3/c1-32(2)27-9-4-5-10-28(27)35(3)33(32)21-34-30-25-7-6-8-26(24(25)15-16-29(30)40-33)31(39)37-19-17-36(18-20-37)22-11-13-23(38)14-12-22/h4-16,21,38H,17-20H2,1-3H3. The van der Waals surface area contributed by atoms with Crippen LogP contribution in [0.1, 0.15) is 29.8 Å². The second kappa shape index (κ2) is 8.74. The van der Waals surface area contributed by atoms with Crippen LogP contribution in [0, 0.1) is 0 Å². The number of fused-ring (bicyclic) bond motifs is 4. The van der Waals surface area contributed by atoms with E-state index in [0.29, 0.717) is 18.7 Å². The molecule has 4 aromatic rings. The van der Waals surface area contributed by atoms with Crippen LogP contribution >= 0.6 is 0 Å². The third-order valence-corrected chi connectivity index (χ3v) is 8.97. The minimum Gasteiger partial charge on any atom is -0.508 e. The van der Waals surface area contributed by atoms with E-state index in [0.717, 1.165) is 46.7 Å². The monoisotopic (exact) mass is 532 g/mol. The van der Waals surface area contributed by atoms with Gasteiger partial charge in [0, 0.05) is 55.6 Å². The molecule has 1 N–H and O–H groups in total. The normalized spacial score (nSPS) is 20.9. The number of anilines is 2. The Hall–Kier alpha value is -4.52. The minimum absolute atomic E-state index is 0.0280. The summed E-state index contributed by atoms with van der Waals surface area (Å²) in [5.74, 6) is 1.000. The first-order valence-electron chi connectivity index (χ1n) is 13.8. The van der Waals surface area contributed by atoms with E-state index in [-0.39, 0.29) is 17.1 Å². The summed E-state index contributed by atoms with van der Waals surface area (Å²) in [5, 5.41) is 11.4. The van der Waals surface area contributed by atoms with Crippen molar-refractivity contribution in [3.8, 4) is 11.5 Å². The van der Waals surface area contributed by atoms with Crippen LogP contribution in [0.4, 0.5) is 17.1 Å². The Kier molecular flexibility index (Phi) is 5.36. The fraction of sp³-hybridized carbons (Fsp3) is 0.273. The van der Waals surface area contributed by atoms with Crippen LogP contribution in [-0.4, -0.2) is 61.1 Å². The summed E-state index contributed by atoms with van der Waals surface area (Å²) in [4.78, 5) is 25.1. The zero-order valence-electron chi connectivity index (χ0n) is 23.0. The van der Waals surface area contributed by atoms with Crippen molar-refractivity contribution in [2.24, 2.45) is 4.99 Å². The van der Waals surface area contributed by atoms with Gasteiger partial charge >= 0.3 is 0 Å². The summed E-state index contributed by atoms with van der Waals surface area (Å²) in [7, 11) is 2.06. The summed E-state index contributed by atoms with van der Waals surface area (Å²) >= 11 is 0. The first kappa shape index (κ1) is 24.5. The number of hydrogen-bond acceptors (Lipinski definition) is 6. The fourth-order valence-corrected chi connectivity index (χ4v) is 6.60. The lowest BCUT2D eigenvalue weighted by atomic mass is 9.77. The number of carbonyl (C=O) groups is 1. The molecule has 0 aromatic heterocycles. The van der Waals surface area contributed by atoms with E-state index in [9.17, 15) is 9.90 Å². The first-order valence-corrected chi connectivity index (χ1v) is 13.8. The highest BCUT2D eigenvalue weighted by Gasteiger charge is 2.58. The van der Waals surface area contributed by atoms with Gasteiger partial charge < -0.3 is 24.5 Å². The Labute approximate surface area is 233 Å². The summed E-state index contributed by atoms with van der Waals surface area (Å²) in [6, 6.07) is 25.4. The van der Waals surface area contributed by atoms with E-state index in [1.54, 1.807) is 12.1 Å². The predicted octanol–water partition coefficient (Wildman–Crippen LogP) is 5.73. The largest absolute Gasteiger partial charge is 0.508 e. The van der Waals surface area contributed by atoms with Gasteiger partial charge in [0.15, 0.2) is 0 Å². The Morgan fingerprint density at radius 1 is 0.875 bits per heavy atom. The van der Waals surface area contributed by atoms with Crippen LogP contribution in [-0.2, 0) is 5.41 Å². The van der Waals surface area contributed by atoms with E-state index in [1.807, 2.05) is 53.6 Å². The summed E-state index contributed by atoms with van der Waals surface area (Å²) < 4.78 is 6.84. The summed E-state index contributed by atoms with van der Waals surface area (Å²) in [5.41, 5.74) is 3.79. The van der Waals surface area contributed by atoms with E-state index in [1.165, 1.54) is 5.56 Å². The maximum absolute atomic E-state index is 13.7. The zero-order valence-corrected chi connectivity index (χ0v) is 23.0. The molecule has 3 heterocycles. The number of hydrogen-bond donors (Lipinski definition) is 1. The Bertz CT molecular complexity index is 1670. The lowest BCUT2D eigenvalue weighted by Crippen LogP contribution is -2.61. The highest BCUT2D eigenvalue weighted by molar-refractivity contribution is 6.11. The number of benzene rings is 4. The fourth-order valence-electron chi connectivity index (χ4n) is 6.60. The summed E-state index contributed by atoms with van der Waals surface area (Å²) in [6.45, 7) is 7.14. The van der Waals surface area contributed by atoms with E-state index in [4.69, 9.17) is 9.73 Å². The predicted molar refractivity (Wildman–Crippen MR) is 160 cm³/mol. The number of para-hydroxylation sites is 1. The molecule has 1 spiro atoms. The van der Waals surface area contributed by atoms with Gasteiger partial charge in [-0.25, -0.2) is 0 Å². The van der Waals surface area contributed by atoms with Gasteiger partial charge in [-0.2, -0.15) is 0 Å². The number of rotatable bonds is 2. The lowest BCUT2D eigenvalue weighted by molar-refractivity contribution is 0.0748. The van der Waals surface area contributed by atoms with E-state index >= 15 is 0 Å². The molecular formula is C33H32N4O3. The van der Waals surface area contributed by atoms with Crippen molar-refractivity contribution < 1.29 is 14.6 Å². The molecule has 0 aliphatic carbocycles. The van der Waals surface area contributed by atoms with E-state index in [2.05, 4.69) is 55.0 Å². The molecule has 7 rings (SSSR count). The van der Waals surface area contributed by atoms with Gasteiger partial charge in [0.1, 0.15) is 17.2 Å². The number of phenols is 1.